The lowest BCUT2D eigenvalue weighted by atomic mass is 10.0. The number of nitrogens with two attached hydrogens (primary N) is 1. The van der Waals surface area contributed by atoms with Gasteiger partial charge in [0.15, 0.2) is 0 Å². The van der Waals surface area contributed by atoms with E-state index in [1.807, 2.05) is 30.3 Å². The van der Waals surface area contributed by atoms with E-state index in [4.69, 9.17) is 33.5 Å². The van der Waals surface area contributed by atoms with E-state index in [2.05, 4.69) is 5.16 Å². The summed E-state index contributed by atoms with van der Waals surface area (Å²) in [6.45, 7) is 0. The van der Waals surface area contributed by atoms with Crippen LogP contribution in [0.5, 0.6) is 0 Å². The Balaban J connectivity index is 2.24. The van der Waals surface area contributed by atoms with Gasteiger partial charge >= 0.3 is 0 Å². The Kier molecular flexibility index (Phi) is 3.38. The highest BCUT2D eigenvalue weighted by molar-refractivity contribution is 6.35. The quantitative estimate of drug-likeness (QED) is 0.732. The second-order valence-corrected chi connectivity index (χ2v) is 5.10. The zero-order chi connectivity index (χ0) is 14.1. The molecule has 0 aliphatic carbocycles. The smallest absolute Gasteiger partial charge is 0.230 e. The van der Waals surface area contributed by atoms with Gasteiger partial charge in [-0.1, -0.05) is 58.7 Å². The molecule has 2 aromatic carbocycles. The standard InChI is InChI=1S/C15H10Cl2N2O/c16-10-6-7-12(17)11(8-10)14-13(15(18)20-19-14)9-4-2-1-3-5-9/h1-8H,18H2. The van der Waals surface area contributed by atoms with Crippen molar-refractivity contribution >= 4 is 29.1 Å². The van der Waals surface area contributed by atoms with E-state index in [-0.39, 0.29) is 5.88 Å². The molecular weight excluding hydrogens is 295 g/mol. The van der Waals surface area contributed by atoms with Crippen molar-refractivity contribution in [3.63, 3.8) is 0 Å². The Hall–Kier alpha value is -1.97. The molecule has 0 spiro atoms. The Morgan fingerprint density at radius 2 is 1.75 bits per heavy atom. The van der Waals surface area contributed by atoms with Crippen molar-refractivity contribution in [1.82, 2.24) is 5.16 Å². The van der Waals surface area contributed by atoms with Gasteiger partial charge in [-0.15, -0.1) is 0 Å². The molecule has 100 valence electrons. The molecule has 0 aliphatic heterocycles. The second kappa shape index (κ2) is 5.19. The second-order valence-electron chi connectivity index (χ2n) is 4.26. The van der Waals surface area contributed by atoms with Gasteiger partial charge in [-0.3, -0.25) is 0 Å². The molecule has 5 heteroatoms. The average molecular weight is 305 g/mol. The number of aromatic nitrogens is 1. The molecule has 0 unspecified atom stereocenters. The van der Waals surface area contributed by atoms with Gasteiger partial charge < -0.3 is 10.3 Å². The predicted molar refractivity (Wildman–Crippen MR) is 81.8 cm³/mol. The van der Waals surface area contributed by atoms with Crippen molar-refractivity contribution in [2.45, 2.75) is 0 Å². The number of hydrogen-bond acceptors (Lipinski definition) is 3. The molecule has 1 aromatic heterocycles. The van der Waals surface area contributed by atoms with Crippen LogP contribution in [0.2, 0.25) is 10.0 Å². The Labute approximate surface area is 125 Å². The average Bonchev–Trinajstić information content (AvgIpc) is 2.84. The summed E-state index contributed by atoms with van der Waals surface area (Å²) in [7, 11) is 0. The monoisotopic (exact) mass is 304 g/mol. The lowest BCUT2D eigenvalue weighted by molar-refractivity contribution is 0.439. The normalized spacial score (nSPS) is 10.7. The van der Waals surface area contributed by atoms with Crippen LogP contribution in [-0.4, -0.2) is 5.16 Å². The van der Waals surface area contributed by atoms with Gasteiger partial charge in [0.1, 0.15) is 5.69 Å². The van der Waals surface area contributed by atoms with E-state index in [1.165, 1.54) is 0 Å². The summed E-state index contributed by atoms with van der Waals surface area (Å²) in [4.78, 5) is 0. The van der Waals surface area contributed by atoms with Gasteiger partial charge in [-0.25, -0.2) is 0 Å². The first-order valence-electron chi connectivity index (χ1n) is 5.93. The number of rotatable bonds is 2. The molecule has 3 aromatic rings. The minimum atomic E-state index is 0.252. The van der Waals surface area contributed by atoms with E-state index < -0.39 is 0 Å². The fourth-order valence-corrected chi connectivity index (χ4v) is 2.43. The first-order chi connectivity index (χ1) is 9.66. The molecule has 0 aliphatic rings. The summed E-state index contributed by atoms with van der Waals surface area (Å²) >= 11 is 12.2. The minimum absolute atomic E-state index is 0.252. The van der Waals surface area contributed by atoms with Gasteiger partial charge in [0.25, 0.3) is 0 Å². The van der Waals surface area contributed by atoms with E-state index in [9.17, 15) is 0 Å². The van der Waals surface area contributed by atoms with Crippen LogP contribution in [0.15, 0.2) is 53.1 Å². The predicted octanol–water partition coefficient (Wildman–Crippen LogP) is 4.90. The zero-order valence-electron chi connectivity index (χ0n) is 10.3. The van der Waals surface area contributed by atoms with Crippen LogP contribution in [0.3, 0.4) is 0 Å². The van der Waals surface area contributed by atoms with E-state index in [0.29, 0.717) is 21.3 Å². The van der Waals surface area contributed by atoms with Crippen molar-refractivity contribution in [3.05, 3.63) is 58.6 Å². The third kappa shape index (κ3) is 2.26. The fraction of sp³-hybridized carbons (Fsp3) is 0. The first-order valence-corrected chi connectivity index (χ1v) is 6.68. The van der Waals surface area contributed by atoms with Crippen LogP contribution >= 0.6 is 23.2 Å². The number of hydrogen-bond donors (Lipinski definition) is 1. The SMILES string of the molecule is Nc1onc(-c2cc(Cl)ccc2Cl)c1-c1ccccc1. The zero-order valence-corrected chi connectivity index (χ0v) is 11.8. The summed E-state index contributed by atoms with van der Waals surface area (Å²) in [6, 6.07) is 14.8. The van der Waals surface area contributed by atoms with Crippen LogP contribution in [0.1, 0.15) is 0 Å². The number of halogens is 2. The number of anilines is 1. The summed E-state index contributed by atoms with van der Waals surface area (Å²) in [5.74, 6) is 0.252. The topological polar surface area (TPSA) is 52.0 Å². The summed E-state index contributed by atoms with van der Waals surface area (Å²) in [5, 5.41) is 5.14. The molecule has 0 radical (unpaired) electrons. The van der Waals surface area contributed by atoms with Crippen LogP contribution in [0.25, 0.3) is 22.4 Å². The molecule has 20 heavy (non-hydrogen) atoms. The molecule has 1 heterocycles. The molecule has 2 N–H and O–H groups in total. The minimum Gasteiger partial charge on any atom is -0.367 e. The van der Waals surface area contributed by atoms with Gasteiger partial charge in [0.05, 0.1) is 10.6 Å². The highest BCUT2D eigenvalue weighted by atomic mass is 35.5. The lowest BCUT2D eigenvalue weighted by Crippen LogP contribution is -1.88. The van der Waals surface area contributed by atoms with Crippen LogP contribution in [0, 0.1) is 0 Å². The van der Waals surface area contributed by atoms with Crippen LogP contribution in [0.4, 0.5) is 5.88 Å². The third-order valence-corrected chi connectivity index (χ3v) is 3.53. The molecule has 0 amide bonds. The van der Waals surface area contributed by atoms with Gasteiger partial charge in [0.2, 0.25) is 5.88 Å². The highest BCUT2D eigenvalue weighted by Gasteiger charge is 2.19. The summed E-state index contributed by atoms with van der Waals surface area (Å²) in [6.07, 6.45) is 0. The maximum Gasteiger partial charge on any atom is 0.230 e. The molecule has 3 nitrogen and oxygen atoms in total. The highest BCUT2D eigenvalue weighted by Crippen LogP contribution is 2.39. The summed E-state index contributed by atoms with van der Waals surface area (Å²) in [5.41, 5.74) is 8.80. The van der Waals surface area contributed by atoms with Crippen LogP contribution in [-0.2, 0) is 0 Å². The number of nitrogen functional groups attached to an aromatic ring is 1. The lowest BCUT2D eigenvalue weighted by Gasteiger charge is -2.05. The number of benzene rings is 2. The molecule has 0 bridgehead atoms. The maximum absolute atomic E-state index is 6.22. The van der Waals surface area contributed by atoms with E-state index in [0.717, 1.165) is 11.1 Å². The van der Waals surface area contributed by atoms with Crippen molar-refractivity contribution < 1.29 is 4.52 Å². The Bertz CT molecular complexity index is 754. The third-order valence-electron chi connectivity index (χ3n) is 2.96. The largest absolute Gasteiger partial charge is 0.367 e. The molecule has 0 saturated carbocycles. The number of nitrogens with zero attached hydrogens (tertiary/aromatic N) is 1. The molecule has 0 fully saturated rings. The van der Waals surface area contributed by atoms with Crippen molar-refractivity contribution in [2.75, 3.05) is 5.73 Å². The van der Waals surface area contributed by atoms with Gasteiger partial charge in [-0.2, -0.15) is 0 Å². The van der Waals surface area contributed by atoms with Crippen molar-refractivity contribution in [3.8, 4) is 22.4 Å². The molecule has 3 rings (SSSR count). The van der Waals surface area contributed by atoms with E-state index >= 15 is 0 Å². The van der Waals surface area contributed by atoms with Crippen molar-refractivity contribution in [2.24, 2.45) is 0 Å². The van der Waals surface area contributed by atoms with Crippen molar-refractivity contribution in [1.29, 1.82) is 0 Å². The maximum atomic E-state index is 6.22. The summed E-state index contributed by atoms with van der Waals surface area (Å²) < 4.78 is 5.13. The van der Waals surface area contributed by atoms with Gasteiger partial charge in [0, 0.05) is 10.6 Å². The Morgan fingerprint density at radius 3 is 2.50 bits per heavy atom. The molecule has 0 saturated heterocycles. The van der Waals surface area contributed by atoms with Gasteiger partial charge in [-0.05, 0) is 23.8 Å². The fourth-order valence-electron chi connectivity index (χ4n) is 2.05. The first kappa shape index (κ1) is 13.0. The van der Waals surface area contributed by atoms with E-state index in [1.54, 1.807) is 18.2 Å². The van der Waals surface area contributed by atoms with Crippen LogP contribution < -0.4 is 5.73 Å². The molecule has 0 atom stereocenters. The Morgan fingerprint density at radius 1 is 1.00 bits per heavy atom. The molecular formula is C15H10Cl2N2O.